The standard InChI is InChI=1S/C28H26O8/c1-5-6-7-8-26(36)14-9-15-16(29)10-25-17(18(30)11(2)19(31)23(25)34)21(26)27(13(14)4)24(35)20(32)12(3)22(33)28(15,25)27/h5-9,13-14,17,21,31-32,36H,10H2,1-4H3/b6-5+,8-7+/t13-,14?,17-,21+,25+,26+,27-,28?/m0/s1. The average molecular weight is 491 g/mol. The number of Topliss-reactive ketones (excluding diaryl/α,β-unsaturated/α-hetero) is 5. The molecule has 2 bridgehead atoms. The maximum atomic E-state index is 14.4. The minimum absolute atomic E-state index is 0.0628. The molecular weight excluding hydrogens is 464 g/mol. The molecular formula is C28H26O8. The molecule has 8 nitrogen and oxygen atoms in total. The smallest absolute Gasteiger partial charge is 0.206 e. The van der Waals surface area contributed by atoms with E-state index in [0.717, 1.165) is 0 Å². The molecule has 3 N–H and O–H groups in total. The first kappa shape index (κ1) is 23.0. The molecule has 0 heterocycles. The molecule has 6 aliphatic carbocycles. The van der Waals surface area contributed by atoms with Gasteiger partial charge >= 0.3 is 0 Å². The summed E-state index contributed by atoms with van der Waals surface area (Å²) in [6.07, 6.45) is 7.40. The van der Waals surface area contributed by atoms with Crippen molar-refractivity contribution in [2.45, 2.75) is 39.7 Å². The van der Waals surface area contributed by atoms with Gasteiger partial charge in [-0.25, -0.2) is 0 Å². The lowest BCUT2D eigenvalue weighted by atomic mass is 9.42. The van der Waals surface area contributed by atoms with Gasteiger partial charge in [-0.2, -0.15) is 0 Å². The van der Waals surface area contributed by atoms with Gasteiger partial charge in [-0.3, -0.25) is 24.0 Å². The Labute approximate surface area is 206 Å². The Morgan fingerprint density at radius 1 is 0.944 bits per heavy atom. The first-order chi connectivity index (χ1) is 16.8. The number of allylic oxidation sites excluding steroid dienone is 8. The normalized spacial score (nSPS) is 47.0. The van der Waals surface area contributed by atoms with Crippen LogP contribution in [0.3, 0.4) is 0 Å². The number of hydrogen-bond donors (Lipinski definition) is 3. The van der Waals surface area contributed by atoms with Gasteiger partial charge in [-0.1, -0.05) is 37.3 Å². The van der Waals surface area contributed by atoms with Crippen LogP contribution in [0.4, 0.5) is 0 Å². The van der Waals surface area contributed by atoms with Gasteiger partial charge in [-0.05, 0) is 26.7 Å². The van der Waals surface area contributed by atoms with Crippen molar-refractivity contribution in [1.29, 1.82) is 0 Å². The van der Waals surface area contributed by atoms with Crippen LogP contribution in [0, 0.1) is 39.9 Å². The van der Waals surface area contributed by atoms with E-state index < -0.39 is 92.4 Å². The van der Waals surface area contributed by atoms with Gasteiger partial charge in [0, 0.05) is 40.9 Å². The number of carbonyl (C=O) groups is 5. The van der Waals surface area contributed by atoms with Crippen molar-refractivity contribution in [3.05, 3.63) is 58.6 Å². The molecule has 6 aliphatic rings. The van der Waals surface area contributed by atoms with Crippen molar-refractivity contribution in [2.24, 2.45) is 39.9 Å². The Bertz CT molecular complexity index is 1420. The van der Waals surface area contributed by atoms with Gasteiger partial charge in [0.15, 0.2) is 28.9 Å². The number of rotatable bonds is 2. The third kappa shape index (κ3) is 1.76. The third-order valence-corrected chi connectivity index (χ3v) is 10.3. The Kier molecular flexibility index (Phi) is 4.03. The molecule has 3 fully saturated rings. The predicted molar refractivity (Wildman–Crippen MR) is 124 cm³/mol. The van der Waals surface area contributed by atoms with Crippen LogP contribution >= 0.6 is 0 Å². The summed E-state index contributed by atoms with van der Waals surface area (Å²) in [4.78, 5) is 70.3. The maximum absolute atomic E-state index is 14.4. The zero-order valence-corrected chi connectivity index (χ0v) is 20.3. The van der Waals surface area contributed by atoms with Crippen LogP contribution in [0.5, 0.6) is 0 Å². The molecule has 0 aliphatic heterocycles. The second kappa shape index (κ2) is 6.29. The van der Waals surface area contributed by atoms with E-state index in [9.17, 15) is 39.3 Å². The molecule has 36 heavy (non-hydrogen) atoms. The summed E-state index contributed by atoms with van der Waals surface area (Å²) in [6, 6.07) is 0. The number of hydrogen-bond acceptors (Lipinski definition) is 8. The fourth-order valence-electron chi connectivity index (χ4n) is 9.29. The second-order valence-electron chi connectivity index (χ2n) is 11.1. The zero-order valence-electron chi connectivity index (χ0n) is 20.3. The zero-order chi connectivity index (χ0) is 26.3. The lowest BCUT2D eigenvalue weighted by Gasteiger charge is -2.54. The van der Waals surface area contributed by atoms with E-state index in [-0.39, 0.29) is 16.7 Å². The summed E-state index contributed by atoms with van der Waals surface area (Å²) >= 11 is 0. The average Bonchev–Trinajstić information content (AvgIpc) is 3.31. The minimum Gasteiger partial charge on any atom is -0.504 e. The Hall–Kier alpha value is -3.39. The largest absolute Gasteiger partial charge is 0.504 e. The van der Waals surface area contributed by atoms with Crippen LogP contribution in [0.25, 0.3) is 0 Å². The van der Waals surface area contributed by atoms with E-state index in [4.69, 9.17) is 0 Å². The van der Waals surface area contributed by atoms with Crippen molar-refractivity contribution < 1.29 is 39.3 Å². The topological polar surface area (TPSA) is 146 Å². The van der Waals surface area contributed by atoms with Gasteiger partial charge in [0.05, 0.1) is 21.8 Å². The third-order valence-electron chi connectivity index (χ3n) is 10.3. The van der Waals surface area contributed by atoms with Gasteiger partial charge < -0.3 is 15.3 Å². The lowest BCUT2D eigenvalue weighted by molar-refractivity contribution is -0.161. The lowest BCUT2D eigenvalue weighted by Crippen LogP contribution is -2.65. The number of carbonyl (C=O) groups excluding carboxylic acids is 5. The van der Waals surface area contributed by atoms with Crippen LogP contribution < -0.4 is 0 Å². The van der Waals surface area contributed by atoms with E-state index in [0.29, 0.717) is 0 Å². The van der Waals surface area contributed by atoms with Crippen LogP contribution in [0.1, 0.15) is 34.1 Å². The molecule has 8 heteroatoms. The molecule has 3 spiro atoms. The SMILES string of the molecule is C/C=C/C=C/[C@@]1(O)C2C=C3C(=O)C[C@]45C(=O)C(O)=C(C)C(=O)[C@H]4[C@H]1[C@]1(C(=O)C(O)=C(C)C(=O)C315)[C@H]2C. The first-order valence-electron chi connectivity index (χ1n) is 12.1. The van der Waals surface area contributed by atoms with Gasteiger partial charge in [0.1, 0.15) is 0 Å². The highest BCUT2D eigenvalue weighted by molar-refractivity contribution is 6.31. The summed E-state index contributed by atoms with van der Waals surface area (Å²) < 4.78 is 0. The highest BCUT2D eigenvalue weighted by atomic mass is 16.3. The highest BCUT2D eigenvalue weighted by Gasteiger charge is 2.96. The van der Waals surface area contributed by atoms with Gasteiger partial charge in [0.25, 0.3) is 0 Å². The van der Waals surface area contributed by atoms with E-state index in [1.54, 1.807) is 32.1 Å². The molecule has 0 saturated heterocycles. The van der Waals surface area contributed by atoms with Crippen LogP contribution in [0.15, 0.2) is 58.6 Å². The molecule has 3 saturated carbocycles. The number of aliphatic hydroxyl groups excluding tert-OH is 2. The molecule has 0 aromatic heterocycles. The number of fused-ring (bicyclic) bond motifs is 2. The highest BCUT2D eigenvalue weighted by Crippen LogP contribution is 2.88. The fraction of sp³-hybridized carbons (Fsp3) is 0.464. The van der Waals surface area contributed by atoms with Gasteiger partial charge in [-0.15, -0.1) is 0 Å². The summed E-state index contributed by atoms with van der Waals surface area (Å²) in [5.41, 5.74) is -8.57. The molecule has 8 atom stereocenters. The molecule has 0 aromatic carbocycles. The van der Waals surface area contributed by atoms with Crippen molar-refractivity contribution in [2.75, 3.05) is 0 Å². The molecule has 0 amide bonds. The summed E-state index contributed by atoms with van der Waals surface area (Å²) in [5.74, 6) is -9.75. The van der Waals surface area contributed by atoms with Crippen molar-refractivity contribution in [3.63, 3.8) is 0 Å². The van der Waals surface area contributed by atoms with Gasteiger partial charge in [0.2, 0.25) is 11.6 Å². The Morgan fingerprint density at radius 2 is 1.58 bits per heavy atom. The molecule has 2 unspecified atom stereocenters. The Balaban J connectivity index is 1.87. The van der Waals surface area contributed by atoms with E-state index in [1.165, 1.54) is 26.0 Å². The molecule has 186 valence electrons. The molecule has 6 rings (SSSR count). The summed E-state index contributed by atoms with van der Waals surface area (Å²) in [6.45, 7) is 5.99. The monoisotopic (exact) mass is 490 g/mol. The van der Waals surface area contributed by atoms with Crippen LogP contribution in [-0.4, -0.2) is 49.8 Å². The number of ketones is 5. The van der Waals surface area contributed by atoms with Crippen molar-refractivity contribution >= 4 is 28.9 Å². The maximum Gasteiger partial charge on any atom is 0.206 e. The number of aliphatic hydroxyl groups is 3. The fourth-order valence-corrected chi connectivity index (χ4v) is 9.29. The first-order valence-corrected chi connectivity index (χ1v) is 12.1. The van der Waals surface area contributed by atoms with E-state index >= 15 is 0 Å². The quantitative estimate of drug-likeness (QED) is 0.500. The second-order valence-corrected chi connectivity index (χ2v) is 11.1. The summed E-state index contributed by atoms with van der Waals surface area (Å²) in [7, 11) is 0. The molecule has 0 radical (unpaired) electrons. The van der Waals surface area contributed by atoms with Crippen LogP contribution in [-0.2, 0) is 24.0 Å². The van der Waals surface area contributed by atoms with Crippen molar-refractivity contribution in [3.8, 4) is 0 Å². The van der Waals surface area contributed by atoms with Crippen LogP contribution in [0.2, 0.25) is 0 Å². The summed E-state index contributed by atoms with van der Waals surface area (Å²) in [5, 5.41) is 34.1. The van der Waals surface area contributed by atoms with E-state index in [2.05, 4.69) is 0 Å². The van der Waals surface area contributed by atoms with E-state index in [1.807, 2.05) is 0 Å². The van der Waals surface area contributed by atoms with Crippen molar-refractivity contribution in [1.82, 2.24) is 0 Å². The Morgan fingerprint density at radius 3 is 2.22 bits per heavy atom. The minimum atomic E-state index is -2.10. The molecule has 0 aromatic rings. The predicted octanol–water partition coefficient (Wildman–Crippen LogP) is 2.20.